The fourth-order valence-corrected chi connectivity index (χ4v) is 0.800. The Morgan fingerprint density at radius 2 is 2.31 bits per heavy atom. The summed E-state index contributed by atoms with van der Waals surface area (Å²) in [5, 5.41) is 19.6. The van der Waals surface area contributed by atoms with E-state index in [4.69, 9.17) is 10.8 Å². The number of carbonyl (C=O) groups is 2. The first-order valence-corrected chi connectivity index (χ1v) is 4.02. The maximum absolute atomic E-state index is 9.39. The number of anilines is 1. The number of aromatic amines is 1. The number of carbonyl (C=O) groups excluding carboxylic acids is 1. The molecule has 1 heterocycles. The molecular formula is C6H8N2O4S. The predicted octanol–water partition coefficient (Wildman–Crippen LogP) is -1.64. The number of thiazole rings is 1. The Labute approximate surface area is 77.6 Å². The molecule has 0 fully saturated rings. The lowest BCUT2D eigenvalue weighted by Gasteiger charge is -1.91. The smallest absolute Gasteiger partial charge is 0.329 e. The number of H-pyrrole nitrogens is 1. The summed E-state index contributed by atoms with van der Waals surface area (Å²) < 4.78 is 0. The molecule has 0 unspecified atom stereocenters. The number of nitrogens with two attached hydrogens (primary N) is 1. The van der Waals surface area contributed by atoms with E-state index in [0.29, 0.717) is 0 Å². The van der Waals surface area contributed by atoms with Gasteiger partial charge >= 0.3 is 11.1 Å². The van der Waals surface area contributed by atoms with Gasteiger partial charge in [0.25, 0.3) is 0 Å². The van der Waals surface area contributed by atoms with Crippen molar-refractivity contribution >= 4 is 28.4 Å². The van der Waals surface area contributed by atoms with Crippen LogP contribution in [0.1, 0.15) is 6.42 Å². The molecule has 72 valence electrons. The lowest BCUT2D eigenvalue weighted by molar-refractivity contribution is -0.353. The number of rotatable bonds is 2. The standard InChI is InChI=1S/C3H4N2S.C3H4O4/c4-3-5-1-2-6-3;4-2(5)1-3(6)7/h1-2H,(H2,4,5);1H2,(H,4,5)(H,6,7). The zero-order chi connectivity index (χ0) is 10.3. The summed E-state index contributed by atoms with van der Waals surface area (Å²) in [6.07, 6.45) is 0.889. The Morgan fingerprint density at radius 3 is 2.38 bits per heavy atom. The van der Waals surface area contributed by atoms with Crippen molar-refractivity contribution in [3.8, 4) is 0 Å². The summed E-state index contributed by atoms with van der Waals surface area (Å²) in [7, 11) is 0. The van der Waals surface area contributed by atoms with Crippen LogP contribution in [0.5, 0.6) is 0 Å². The molecule has 0 aliphatic heterocycles. The van der Waals surface area contributed by atoms with Crippen LogP contribution in [-0.2, 0) is 9.59 Å². The molecule has 6 nitrogen and oxygen atoms in total. The molecule has 7 heteroatoms. The van der Waals surface area contributed by atoms with Crippen molar-refractivity contribution in [1.29, 1.82) is 0 Å². The number of hydrogen-bond acceptors (Lipinski definition) is 5. The number of aromatic nitrogens is 1. The lowest BCUT2D eigenvalue weighted by Crippen LogP contribution is -2.24. The maximum Gasteiger partial charge on any atom is 0.329 e. The number of aliphatic carboxylic acids is 2. The number of hydrogen-bond donors (Lipinski definition) is 2. The summed E-state index contributed by atoms with van der Waals surface area (Å²) in [5.74, 6) is -2.94. The van der Waals surface area contributed by atoms with Crippen LogP contribution in [0.25, 0.3) is 0 Å². The Bertz CT molecular complexity index is 260. The van der Waals surface area contributed by atoms with Crippen LogP contribution in [0.3, 0.4) is 0 Å². The molecule has 1 aromatic rings. The molecule has 0 atom stereocenters. The van der Waals surface area contributed by atoms with Gasteiger partial charge < -0.3 is 15.0 Å². The molecule has 0 aliphatic carbocycles. The molecule has 0 saturated heterocycles. The third kappa shape index (κ3) is 8.27. The first-order valence-electron chi connectivity index (χ1n) is 3.14. The largest absolute Gasteiger partial charge is 0.550 e. The first kappa shape index (κ1) is 11.4. The minimum Gasteiger partial charge on any atom is -0.550 e. The van der Waals surface area contributed by atoms with Crippen LogP contribution < -0.4 is 15.8 Å². The van der Waals surface area contributed by atoms with E-state index in [0.717, 1.165) is 5.13 Å². The third-order valence-electron chi connectivity index (χ3n) is 0.784. The van der Waals surface area contributed by atoms with E-state index < -0.39 is 18.4 Å². The van der Waals surface area contributed by atoms with Gasteiger partial charge in [0.15, 0.2) is 0 Å². The third-order valence-corrected chi connectivity index (χ3v) is 1.43. The van der Waals surface area contributed by atoms with Crippen molar-refractivity contribution in [3.63, 3.8) is 0 Å². The Morgan fingerprint density at radius 1 is 1.69 bits per heavy atom. The molecule has 1 aromatic heterocycles. The van der Waals surface area contributed by atoms with Crippen molar-refractivity contribution < 1.29 is 24.8 Å². The molecule has 0 aliphatic rings. The SMILES string of the molecule is Nc1[nH+]ccs1.O=C([O-])CC(=O)O. The van der Waals surface area contributed by atoms with Gasteiger partial charge in [-0.05, 0) is 0 Å². The number of nitrogens with one attached hydrogen (secondary N) is 1. The molecular weight excluding hydrogens is 196 g/mol. The molecule has 13 heavy (non-hydrogen) atoms. The molecule has 0 radical (unpaired) electrons. The van der Waals surface area contributed by atoms with E-state index in [1.807, 2.05) is 5.38 Å². The van der Waals surface area contributed by atoms with Crippen LogP contribution in [0, 0.1) is 0 Å². The van der Waals surface area contributed by atoms with Crippen molar-refractivity contribution in [3.05, 3.63) is 11.6 Å². The Kier molecular flexibility index (Phi) is 5.20. The maximum atomic E-state index is 9.39. The highest BCUT2D eigenvalue weighted by atomic mass is 32.1. The van der Waals surface area contributed by atoms with Gasteiger partial charge in [0.1, 0.15) is 0 Å². The van der Waals surface area contributed by atoms with Crippen LogP contribution in [0.2, 0.25) is 0 Å². The van der Waals surface area contributed by atoms with Crippen molar-refractivity contribution in [2.45, 2.75) is 6.42 Å². The molecule has 4 N–H and O–H groups in total. The van der Waals surface area contributed by atoms with Crippen molar-refractivity contribution in [1.82, 2.24) is 0 Å². The molecule has 0 aromatic carbocycles. The Hall–Kier alpha value is -1.63. The highest BCUT2D eigenvalue weighted by Gasteiger charge is 1.92. The summed E-state index contributed by atoms with van der Waals surface area (Å²) in [6, 6.07) is 0. The van der Waals surface area contributed by atoms with Gasteiger partial charge in [-0.1, -0.05) is 11.3 Å². The number of carboxylic acid groups (broad SMARTS) is 2. The van der Waals surface area contributed by atoms with Crippen LogP contribution in [0.15, 0.2) is 11.6 Å². The average molecular weight is 204 g/mol. The fraction of sp³-hybridized carbons (Fsp3) is 0.167. The predicted molar refractivity (Wildman–Crippen MR) is 42.5 cm³/mol. The van der Waals surface area contributed by atoms with Gasteiger partial charge in [0.2, 0.25) is 0 Å². The number of nitrogen functional groups attached to an aromatic ring is 1. The van der Waals surface area contributed by atoms with E-state index in [9.17, 15) is 14.7 Å². The zero-order valence-corrected chi connectivity index (χ0v) is 7.34. The van der Waals surface area contributed by atoms with Crippen LogP contribution in [0.4, 0.5) is 5.13 Å². The second-order valence-corrected chi connectivity index (χ2v) is 2.82. The van der Waals surface area contributed by atoms with Crippen molar-refractivity contribution in [2.24, 2.45) is 0 Å². The highest BCUT2D eigenvalue weighted by Crippen LogP contribution is 1.96. The summed E-state index contributed by atoms with van der Waals surface area (Å²) in [5.41, 5.74) is 5.24. The van der Waals surface area contributed by atoms with Crippen LogP contribution >= 0.6 is 11.3 Å². The summed E-state index contributed by atoms with van der Waals surface area (Å²) in [6.45, 7) is 0. The number of carboxylic acids is 2. The van der Waals surface area contributed by atoms with Gasteiger partial charge in [-0.25, -0.2) is 4.98 Å². The topological polar surface area (TPSA) is 118 Å². The minimum atomic E-state index is -1.56. The molecule has 0 saturated carbocycles. The van der Waals surface area contributed by atoms with Gasteiger partial charge in [-0.3, -0.25) is 10.5 Å². The van der Waals surface area contributed by atoms with E-state index in [1.165, 1.54) is 11.3 Å². The van der Waals surface area contributed by atoms with Gasteiger partial charge in [0, 0.05) is 5.38 Å². The fourth-order valence-electron chi connectivity index (χ4n) is 0.381. The Balaban J connectivity index is 0.000000223. The molecule has 1 rings (SSSR count). The summed E-state index contributed by atoms with van der Waals surface area (Å²) >= 11 is 1.50. The average Bonchev–Trinajstić information content (AvgIpc) is 2.37. The first-order chi connectivity index (χ1) is 6.02. The van der Waals surface area contributed by atoms with E-state index in [2.05, 4.69) is 4.98 Å². The van der Waals surface area contributed by atoms with Gasteiger partial charge in [0.05, 0.1) is 18.6 Å². The van der Waals surface area contributed by atoms with Gasteiger partial charge in [-0.15, -0.1) is 0 Å². The zero-order valence-electron chi connectivity index (χ0n) is 6.52. The second kappa shape index (κ2) is 5.95. The monoisotopic (exact) mass is 204 g/mol. The second-order valence-electron chi connectivity index (χ2n) is 1.87. The van der Waals surface area contributed by atoms with E-state index in [-0.39, 0.29) is 0 Å². The summed E-state index contributed by atoms with van der Waals surface area (Å²) in [4.78, 5) is 21.5. The normalized spacial score (nSPS) is 8.31. The molecule has 0 spiro atoms. The highest BCUT2D eigenvalue weighted by molar-refractivity contribution is 7.12. The molecule has 0 amide bonds. The minimum absolute atomic E-state index is 0.759. The molecule has 0 bridgehead atoms. The van der Waals surface area contributed by atoms with E-state index in [1.54, 1.807) is 6.20 Å². The van der Waals surface area contributed by atoms with E-state index >= 15 is 0 Å². The lowest BCUT2D eigenvalue weighted by atomic mass is 10.5. The van der Waals surface area contributed by atoms with Crippen LogP contribution in [-0.4, -0.2) is 17.0 Å². The van der Waals surface area contributed by atoms with Crippen molar-refractivity contribution in [2.75, 3.05) is 5.73 Å². The van der Waals surface area contributed by atoms with Gasteiger partial charge in [-0.2, -0.15) is 0 Å². The quantitative estimate of drug-likeness (QED) is 0.560.